The largest absolute Gasteiger partial charge is 0.300 e. The van der Waals surface area contributed by atoms with Crippen LogP contribution in [-0.2, 0) is 16.1 Å². The fraction of sp³-hybridized carbons (Fsp3) is 0.200. The van der Waals surface area contributed by atoms with Crippen molar-refractivity contribution in [2.75, 3.05) is 12.4 Å². The molecule has 7 nitrogen and oxygen atoms in total. The van der Waals surface area contributed by atoms with E-state index in [1.807, 2.05) is 0 Å². The number of thiazole rings is 1. The van der Waals surface area contributed by atoms with E-state index in [0.717, 1.165) is 0 Å². The molecule has 0 saturated heterocycles. The van der Waals surface area contributed by atoms with E-state index in [0.29, 0.717) is 16.8 Å². The lowest BCUT2D eigenvalue weighted by atomic mass is 10.3. The quantitative estimate of drug-likeness (QED) is 0.781. The van der Waals surface area contributed by atoms with Gasteiger partial charge in [-0.15, -0.1) is 11.3 Å². The molecule has 2 aromatic rings. The molecule has 0 aromatic carbocycles. The average Bonchev–Trinajstić information content (AvgIpc) is 2.78. The Morgan fingerprint density at radius 1 is 1.44 bits per heavy atom. The summed E-state index contributed by atoms with van der Waals surface area (Å²) < 4.78 is 0. The molecule has 94 valence electrons. The van der Waals surface area contributed by atoms with Gasteiger partial charge in [0.05, 0.1) is 19.2 Å². The maximum atomic E-state index is 11.3. The van der Waals surface area contributed by atoms with Crippen molar-refractivity contribution in [1.29, 1.82) is 0 Å². The molecule has 0 atom stereocenters. The van der Waals surface area contributed by atoms with Gasteiger partial charge in [0.2, 0.25) is 11.9 Å². The first-order chi connectivity index (χ1) is 8.78. The van der Waals surface area contributed by atoms with E-state index in [1.165, 1.54) is 18.4 Å². The molecule has 0 fully saturated rings. The highest BCUT2D eigenvalue weighted by Crippen LogP contribution is 2.18. The van der Waals surface area contributed by atoms with Crippen LogP contribution in [-0.4, -0.2) is 28.0 Å². The van der Waals surface area contributed by atoms with Crippen molar-refractivity contribution in [1.82, 2.24) is 20.4 Å². The second kappa shape index (κ2) is 6.03. The van der Waals surface area contributed by atoms with Crippen molar-refractivity contribution in [3.8, 4) is 0 Å². The molecule has 0 aliphatic rings. The monoisotopic (exact) mass is 265 g/mol. The molecular weight excluding hydrogens is 254 g/mol. The smallest absolute Gasteiger partial charge is 0.249 e. The summed E-state index contributed by atoms with van der Waals surface area (Å²) >= 11 is 1.38. The summed E-state index contributed by atoms with van der Waals surface area (Å²) in [6.45, 7) is 0. The lowest BCUT2D eigenvalue weighted by molar-refractivity contribution is -0.130. The number of nitrogens with zero attached hydrogens (tertiary/aromatic N) is 3. The number of hydrogen-bond donors (Lipinski definition) is 2. The Balaban J connectivity index is 1.96. The van der Waals surface area contributed by atoms with Crippen molar-refractivity contribution in [2.45, 2.75) is 6.42 Å². The Hall–Kier alpha value is -2.06. The summed E-state index contributed by atoms with van der Waals surface area (Å²) in [6.07, 6.45) is 3.44. The zero-order valence-corrected chi connectivity index (χ0v) is 10.4. The van der Waals surface area contributed by atoms with Crippen LogP contribution < -0.4 is 10.8 Å². The van der Waals surface area contributed by atoms with Crippen molar-refractivity contribution < 1.29 is 9.63 Å². The molecule has 0 unspecified atom stereocenters. The minimum Gasteiger partial charge on any atom is -0.300 e. The van der Waals surface area contributed by atoms with Crippen LogP contribution in [0.25, 0.3) is 0 Å². The number of carbonyl (C=O) groups is 1. The van der Waals surface area contributed by atoms with Crippen LogP contribution >= 0.6 is 11.3 Å². The Labute approximate surface area is 107 Å². The number of amides is 1. The van der Waals surface area contributed by atoms with Gasteiger partial charge in [-0.1, -0.05) is 0 Å². The van der Waals surface area contributed by atoms with Crippen LogP contribution in [0, 0.1) is 0 Å². The molecule has 18 heavy (non-hydrogen) atoms. The first-order valence-corrected chi connectivity index (χ1v) is 5.96. The van der Waals surface area contributed by atoms with Gasteiger partial charge in [-0.05, 0) is 6.07 Å². The lowest BCUT2D eigenvalue weighted by Gasteiger charge is -1.99. The van der Waals surface area contributed by atoms with Gasteiger partial charge < -0.3 is 5.32 Å². The summed E-state index contributed by atoms with van der Waals surface area (Å²) in [7, 11) is 1.39. The van der Waals surface area contributed by atoms with Gasteiger partial charge in [-0.25, -0.2) is 20.4 Å². The third kappa shape index (κ3) is 3.47. The van der Waals surface area contributed by atoms with Gasteiger partial charge in [0.1, 0.15) is 0 Å². The zero-order valence-electron chi connectivity index (χ0n) is 9.58. The van der Waals surface area contributed by atoms with E-state index in [4.69, 9.17) is 0 Å². The molecule has 0 bridgehead atoms. The van der Waals surface area contributed by atoms with E-state index < -0.39 is 0 Å². The fourth-order valence-corrected chi connectivity index (χ4v) is 1.92. The third-order valence-electron chi connectivity index (χ3n) is 1.89. The fourth-order valence-electron chi connectivity index (χ4n) is 1.22. The van der Waals surface area contributed by atoms with Gasteiger partial charge in [-0.2, -0.15) is 0 Å². The van der Waals surface area contributed by atoms with Crippen LogP contribution in [0.3, 0.4) is 0 Å². The maximum absolute atomic E-state index is 11.3. The van der Waals surface area contributed by atoms with Gasteiger partial charge >= 0.3 is 0 Å². The predicted molar refractivity (Wildman–Crippen MR) is 66.3 cm³/mol. The van der Waals surface area contributed by atoms with Crippen LogP contribution in [0.2, 0.25) is 0 Å². The van der Waals surface area contributed by atoms with Crippen molar-refractivity contribution in [3.05, 3.63) is 29.5 Å². The average molecular weight is 265 g/mol. The predicted octanol–water partition coefficient (Wildman–Crippen LogP) is 0.897. The molecular formula is C10H11N5O2S. The number of hydroxylamine groups is 1. The number of nitrogens with one attached hydrogen (secondary N) is 2. The van der Waals surface area contributed by atoms with E-state index in [9.17, 15) is 4.79 Å². The number of aromatic nitrogens is 3. The molecule has 1 amide bonds. The number of anilines is 2. The molecule has 0 aliphatic carbocycles. The number of carbonyl (C=O) groups excluding carboxylic acids is 1. The van der Waals surface area contributed by atoms with Gasteiger partial charge in [-0.3, -0.25) is 9.63 Å². The highest BCUT2D eigenvalue weighted by atomic mass is 32.1. The van der Waals surface area contributed by atoms with Gasteiger partial charge in [0.15, 0.2) is 5.13 Å². The molecule has 0 aliphatic heterocycles. The van der Waals surface area contributed by atoms with Crippen LogP contribution in [0.15, 0.2) is 23.8 Å². The summed E-state index contributed by atoms with van der Waals surface area (Å²) in [4.78, 5) is 28.1. The molecule has 2 heterocycles. The van der Waals surface area contributed by atoms with Crippen LogP contribution in [0.1, 0.15) is 5.69 Å². The second-order valence-electron chi connectivity index (χ2n) is 3.25. The summed E-state index contributed by atoms with van der Waals surface area (Å²) in [5.74, 6) is 0.227. The molecule has 0 saturated carbocycles. The molecule has 8 heteroatoms. The summed E-state index contributed by atoms with van der Waals surface area (Å²) in [5, 5.41) is 5.38. The number of hydrogen-bond acceptors (Lipinski definition) is 7. The van der Waals surface area contributed by atoms with E-state index in [-0.39, 0.29) is 12.3 Å². The van der Waals surface area contributed by atoms with Gasteiger partial charge in [0.25, 0.3) is 0 Å². The number of rotatable bonds is 5. The zero-order chi connectivity index (χ0) is 12.8. The summed E-state index contributed by atoms with van der Waals surface area (Å²) in [5.41, 5.74) is 2.89. The minimum absolute atomic E-state index is 0.168. The van der Waals surface area contributed by atoms with E-state index >= 15 is 0 Å². The van der Waals surface area contributed by atoms with E-state index in [1.54, 1.807) is 23.8 Å². The Bertz CT molecular complexity index is 516. The van der Waals surface area contributed by atoms with Gasteiger partial charge in [0, 0.05) is 17.8 Å². The van der Waals surface area contributed by atoms with Crippen molar-refractivity contribution >= 4 is 28.3 Å². The molecule has 2 N–H and O–H groups in total. The van der Waals surface area contributed by atoms with Crippen LogP contribution in [0.5, 0.6) is 0 Å². The first kappa shape index (κ1) is 12.4. The van der Waals surface area contributed by atoms with Crippen molar-refractivity contribution in [3.63, 3.8) is 0 Å². The third-order valence-corrected chi connectivity index (χ3v) is 2.70. The topological polar surface area (TPSA) is 89.0 Å². The highest BCUT2D eigenvalue weighted by Gasteiger charge is 2.08. The molecule has 2 rings (SSSR count). The Kier molecular flexibility index (Phi) is 4.15. The normalized spacial score (nSPS) is 10.1. The maximum Gasteiger partial charge on any atom is 0.249 e. The summed E-state index contributed by atoms with van der Waals surface area (Å²) in [6, 6.07) is 1.73. The molecule has 2 aromatic heterocycles. The van der Waals surface area contributed by atoms with E-state index in [2.05, 4.69) is 30.6 Å². The van der Waals surface area contributed by atoms with Crippen LogP contribution in [0.4, 0.5) is 11.1 Å². The minimum atomic E-state index is -0.245. The second-order valence-corrected chi connectivity index (χ2v) is 4.11. The SMILES string of the molecule is CONC(=O)Cc1csc(Nc2ncccn2)n1. The first-order valence-electron chi connectivity index (χ1n) is 5.08. The Morgan fingerprint density at radius 3 is 2.94 bits per heavy atom. The molecule has 0 spiro atoms. The van der Waals surface area contributed by atoms with Crippen molar-refractivity contribution in [2.24, 2.45) is 0 Å². The lowest BCUT2D eigenvalue weighted by Crippen LogP contribution is -2.23. The Morgan fingerprint density at radius 2 is 2.22 bits per heavy atom. The highest BCUT2D eigenvalue weighted by molar-refractivity contribution is 7.13. The standard InChI is InChI=1S/C10H11N5O2S/c1-17-15-8(16)5-7-6-18-10(13-7)14-9-11-3-2-4-12-9/h2-4,6H,5H2,1H3,(H,15,16)(H,11,12,13,14). The molecule has 0 radical (unpaired) electrons.